The van der Waals surface area contributed by atoms with Crippen LogP contribution in [0.3, 0.4) is 0 Å². The van der Waals surface area contributed by atoms with Crippen LogP contribution in [0.15, 0.2) is 0 Å². The SMILES string of the molecule is CCCCN1CC2(CN(C)C2)C1. The van der Waals surface area contributed by atoms with Crippen molar-refractivity contribution in [1.82, 2.24) is 9.80 Å². The first-order valence-corrected chi connectivity index (χ1v) is 5.15. The van der Waals surface area contributed by atoms with Gasteiger partial charge in [0.1, 0.15) is 0 Å². The number of hydrogen-bond donors (Lipinski definition) is 0. The quantitative estimate of drug-likeness (QED) is 0.621. The Morgan fingerprint density at radius 2 is 1.83 bits per heavy atom. The van der Waals surface area contributed by atoms with Crippen molar-refractivity contribution < 1.29 is 0 Å². The molecule has 2 saturated heterocycles. The first-order valence-electron chi connectivity index (χ1n) is 5.15. The zero-order valence-electron chi connectivity index (χ0n) is 8.34. The molecule has 2 heterocycles. The van der Waals surface area contributed by atoms with Crippen LogP contribution in [0, 0.1) is 5.41 Å². The summed E-state index contributed by atoms with van der Waals surface area (Å²) in [6.45, 7) is 9.04. The molecule has 2 fully saturated rings. The Bertz CT molecular complexity index is 153. The smallest absolute Gasteiger partial charge is 0.0212 e. The van der Waals surface area contributed by atoms with Gasteiger partial charge in [0.15, 0.2) is 0 Å². The predicted octanol–water partition coefficient (Wildman–Crippen LogP) is 1.03. The van der Waals surface area contributed by atoms with Crippen LogP contribution in [0.2, 0.25) is 0 Å². The standard InChI is InChI=1S/C10H20N2/c1-3-4-5-12-8-10(9-12)6-11(2)7-10/h3-9H2,1-2H3. The van der Waals surface area contributed by atoms with E-state index in [-0.39, 0.29) is 0 Å². The highest BCUT2D eigenvalue weighted by molar-refractivity contribution is 5.04. The van der Waals surface area contributed by atoms with Gasteiger partial charge in [0.05, 0.1) is 0 Å². The van der Waals surface area contributed by atoms with Crippen molar-refractivity contribution >= 4 is 0 Å². The average Bonchev–Trinajstić information content (AvgIpc) is 1.91. The molecule has 0 radical (unpaired) electrons. The average molecular weight is 168 g/mol. The summed E-state index contributed by atoms with van der Waals surface area (Å²) in [6.07, 6.45) is 2.72. The van der Waals surface area contributed by atoms with Crippen molar-refractivity contribution in [1.29, 1.82) is 0 Å². The zero-order valence-corrected chi connectivity index (χ0v) is 8.34. The Labute approximate surface area is 75.5 Å². The number of hydrogen-bond acceptors (Lipinski definition) is 2. The highest BCUT2D eigenvalue weighted by Gasteiger charge is 2.49. The predicted molar refractivity (Wildman–Crippen MR) is 51.3 cm³/mol. The van der Waals surface area contributed by atoms with E-state index in [1.54, 1.807) is 0 Å². The van der Waals surface area contributed by atoms with Crippen molar-refractivity contribution in [3.05, 3.63) is 0 Å². The third kappa shape index (κ3) is 1.38. The Morgan fingerprint density at radius 1 is 1.17 bits per heavy atom. The minimum Gasteiger partial charge on any atom is -0.305 e. The Balaban J connectivity index is 1.64. The van der Waals surface area contributed by atoms with Gasteiger partial charge in [-0.3, -0.25) is 0 Å². The molecule has 0 aromatic carbocycles. The summed E-state index contributed by atoms with van der Waals surface area (Å²) in [5.41, 5.74) is 0.739. The van der Waals surface area contributed by atoms with Crippen LogP contribution in [0.25, 0.3) is 0 Å². The van der Waals surface area contributed by atoms with E-state index in [9.17, 15) is 0 Å². The summed E-state index contributed by atoms with van der Waals surface area (Å²) in [6, 6.07) is 0. The van der Waals surface area contributed by atoms with Crippen LogP contribution in [0.4, 0.5) is 0 Å². The van der Waals surface area contributed by atoms with Crippen molar-refractivity contribution in [2.45, 2.75) is 19.8 Å². The summed E-state index contributed by atoms with van der Waals surface area (Å²) in [5.74, 6) is 0. The van der Waals surface area contributed by atoms with E-state index in [1.807, 2.05) is 0 Å². The molecule has 1 spiro atoms. The van der Waals surface area contributed by atoms with Gasteiger partial charge in [-0.05, 0) is 20.0 Å². The molecule has 0 bridgehead atoms. The minimum atomic E-state index is 0.739. The Kier molecular flexibility index (Phi) is 2.13. The van der Waals surface area contributed by atoms with E-state index in [1.165, 1.54) is 45.6 Å². The molecule has 0 amide bonds. The molecule has 70 valence electrons. The lowest BCUT2D eigenvalue weighted by molar-refractivity contribution is -0.104. The van der Waals surface area contributed by atoms with Crippen LogP contribution in [-0.4, -0.2) is 49.6 Å². The van der Waals surface area contributed by atoms with Crippen LogP contribution in [0.1, 0.15) is 19.8 Å². The van der Waals surface area contributed by atoms with Crippen molar-refractivity contribution in [3.63, 3.8) is 0 Å². The second kappa shape index (κ2) is 3.00. The van der Waals surface area contributed by atoms with E-state index in [2.05, 4.69) is 23.8 Å². The van der Waals surface area contributed by atoms with E-state index in [4.69, 9.17) is 0 Å². The van der Waals surface area contributed by atoms with Crippen molar-refractivity contribution in [2.24, 2.45) is 5.41 Å². The normalized spacial score (nSPS) is 28.5. The van der Waals surface area contributed by atoms with E-state index >= 15 is 0 Å². The molecule has 0 aliphatic carbocycles. The van der Waals surface area contributed by atoms with E-state index < -0.39 is 0 Å². The second-order valence-corrected chi connectivity index (χ2v) is 4.74. The molecule has 0 unspecified atom stereocenters. The van der Waals surface area contributed by atoms with Crippen LogP contribution < -0.4 is 0 Å². The van der Waals surface area contributed by atoms with Gasteiger partial charge in [0.25, 0.3) is 0 Å². The fraction of sp³-hybridized carbons (Fsp3) is 1.00. The minimum absolute atomic E-state index is 0.739. The molecule has 0 aromatic heterocycles. The molecule has 0 saturated carbocycles. The van der Waals surface area contributed by atoms with E-state index in [0.717, 1.165) is 5.41 Å². The highest BCUT2D eigenvalue weighted by Crippen LogP contribution is 2.38. The Morgan fingerprint density at radius 3 is 2.33 bits per heavy atom. The molecule has 12 heavy (non-hydrogen) atoms. The van der Waals surface area contributed by atoms with Gasteiger partial charge in [-0.1, -0.05) is 13.3 Å². The summed E-state index contributed by atoms with van der Waals surface area (Å²) in [5, 5.41) is 0. The molecular formula is C10H20N2. The lowest BCUT2D eigenvalue weighted by Gasteiger charge is -2.59. The Hall–Kier alpha value is -0.0800. The van der Waals surface area contributed by atoms with E-state index in [0.29, 0.717) is 0 Å². The van der Waals surface area contributed by atoms with Crippen LogP contribution in [-0.2, 0) is 0 Å². The molecular weight excluding hydrogens is 148 g/mol. The zero-order chi connectivity index (χ0) is 8.60. The maximum absolute atomic E-state index is 2.61. The third-order valence-electron chi connectivity index (χ3n) is 3.16. The second-order valence-electron chi connectivity index (χ2n) is 4.74. The summed E-state index contributed by atoms with van der Waals surface area (Å²) in [4.78, 5) is 5.04. The molecule has 0 N–H and O–H groups in total. The van der Waals surface area contributed by atoms with Gasteiger partial charge in [0, 0.05) is 31.6 Å². The lowest BCUT2D eigenvalue weighted by Crippen LogP contribution is -2.71. The highest BCUT2D eigenvalue weighted by atomic mass is 15.3. The number of likely N-dealkylation sites (tertiary alicyclic amines) is 2. The van der Waals surface area contributed by atoms with Crippen molar-refractivity contribution in [2.75, 3.05) is 39.8 Å². The lowest BCUT2D eigenvalue weighted by atomic mass is 9.73. The molecule has 2 aliphatic heterocycles. The molecule has 0 aromatic rings. The third-order valence-corrected chi connectivity index (χ3v) is 3.16. The van der Waals surface area contributed by atoms with Gasteiger partial charge in [-0.25, -0.2) is 0 Å². The number of nitrogens with zero attached hydrogens (tertiary/aromatic N) is 2. The summed E-state index contributed by atoms with van der Waals surface area (Å²) >= 11 is 0. The number of rotatable bonds is 3. The maximum Gasteiger partial charge on any atom is 0.0212 e. The van der Waals surface area contributed by atoms with Crippen LogP contribution >= 0.6 is 0 Å². The first-order chi connectivity index (χ1) is 5.74. The van der Waals surface area contributed by atoms with Gasteiger partial charge < -0.3 is 9.80 Å². The topological polar surface area (TPSA) is 6.48 Å². The largest absolute Gasteiger partial charge is 0.305 e. The van der Waals surface area contributed by atoms with Gasteiger partial charge >= 0.3 is 0 Å². The van der Waals surface area contributed by atoms with Gasteiger partial charge in [-0.15, -0.1) is 0 Å². The molecule has 2 heteroatoms. The molecule has 0 atom stereocenters. The molecule has 2 aliphatic rings. The fourth-order valence-electron chi connectivity index (χ4n) is 2.74. The molecule has 2 rings (SSSR count). The van der Waals surface area contributed by atoms with Gasteiger partial charge in [-0.2, -0.15) is 0 Å². The monoisotopic (exact) mass is 168 g/mol. The van der Waals surface area contributed by atoms with Crippen LogP contribution in [0.5, 0.6) is 0 Å². The maximum atomic E-state index is 2.61. The first kappa shape index (κ1) is 8.52. The number of unbranched alkanes of at least 4 members (excludes halogenated alkanes) is 1. The van der Waals surface area contributed by atoms with Crippen molar-refractivity contribution in [3.8, 4) is 0 Å². The summed E-state index contributed by atoms with van der Waals surface area (Å²) in [7, 11) is 2.22. The summed E-state index contributed by atoms with van der Waals surface area (Å²) < 4.78 is 0. The van der Waals surface area contributed by atoms with Gasteiger partial charge in [0.2, 0.25) is 0 Å². The molecule has 2 nitrogen and oxygen atoms in total. The fourth-order valence-corrected chi connectivity index (χ4v) is 2.74.